The molecule has 0 aliphatic rings. The highest BCUT2D eigenvalue weighted by Crippen LogP contribution is 2.23. The van der Waals surface area contributed by atoms with Gasteiger partial charge in [0.25, 0.3) is 0 Å². The smallest absolute Gasteiger partial charge is 0.228 e. The highest BCUT2D eigenvalue weighted by Gasteiger charge is 2.17. The van der Waals surface area contributed by atoms with Gasteiger partial charge in [0.05, 0.1) is 4.47 Å². The first-order valence-corrected chi connectivity index (χ1v) is 5.78. The SMILES string of the molecule is CCC(C)(N)COc1ncc(C)cc1Br. The van der Waals surface area contributed by atoms with E-state index in [0.29, 0.717) is 12.5 Å². The summed E-state index contributed by atoms with van der Waals surface area (Å²) in [7, 11) is 0. The highest BCUT2D eigenvalue weighted by molar-refractivity contribution is 9.10. The van der Waals surface area contributed by atoms with E-state index < -0.39 is 0 Å². The molecule has 15 heavy (non-hydrogen) atoms. The van der Waals surface area contributed by atoms with Crippen molar-refractivity contribution >= 4 is 15.9 Å². The zero-order valence-corrected chi connectivity index (χ0v) is 11.0. The number of pyridine rings is 1. The lowest BCUT2D eigenvalue weighted by Gasteiger charge is -2.22. The second kappa shape index (κ2) is 4.94. The van der Waals surface area contributed by atoms with E-state index in [1.54, 1.807) is 6.20 Å². The normalized spacial score (nSPS) is 14.7. The molecular formula is C11H17BrN2O. The molecule has 0 radical (unpaired) electrons. The molecule has 84 valence electrons. The molecule has 0 spiro atoms. The van der Waals surface area contributed by atoms with E-state index >= 15 is 0 Å². The topological polar surface area (TPSA) is 48.1 Å². The third kappa shape index (κ3) is 3.80. The first-order valence-electron chi connectivity index (χ1n) is 4.98. The van der Waals surface area contributed by atoms with Crippen molar-refractivity contribution in [1.82, 2.24) is 4.98 Å². The van der Waals surface area contributed by atoms with Gasteiger partial charge in [0.15, 0.2) is 0 Å². The van der Waals surface area contributed by atoms with Crippen LogP contribution < -0.4 is 10.5 Å². The standard InChI is InChI=1S/C11H17BrN2O/c1-4-11(3,13)7-15-10-9(12)5-8(2)6-14-10/h5-6H,4,7,13H2,1-3H3. The molecule has 1 aromatic rings. The Bertz CT molecular complexity index is 339. The molecule has 0 fully saturated rings. The molecular weight excluding hydrogens is 256 g/mol. The van der Waals surface area contributed by atoms with E-state index in [9.17, 15) is 0 Å². The molecule has 3 nitrogen and oxygen atoms in total. The van der Waals surface area contributed by atoms with Crippen molar-refractivity contribution in [3.05, 3.63) is 22.3 Å². The van der Waals surface area contributed by atoms with Crippen LogP contribution in [0.25, 0.3) is 0 Å². The maximum Gasteiger partial charge on any atom is 0.228 e. The van der Waals surface area contributed by atoms with E-state index in [2.05, 4.69) is 20.9 Å². The summed E-state index contributed by atoms with van der Waals surface area (Å²) in [5, 5.41) is 0. The van der Waals surface area contributed by atoms with Crippen LogP contribution in [-0.2, 0) is 0 Å². The summed E-state index contributed by atoms with van der Waals surface area (Å²) in [6.07, 6.45) is 2.65. The summed E-state index contributed by atoms with van der Waals surface area (Å²) in [5.41, 5.74) is 6.77. The molecule has 1 unspecified atom stereocenters. The third-order valence-electron chi connectivity index (χ3n) is 2.29. The van der Waals surface area contributed by atoms with Crippen molar-refractivity contribution in [1.29, 1.82) is 0 Å². The Hall–Kier alpha value is -0.610. The fourth-order valence-corrected chi connectivity index (χ4v) is 1.54. The van der Waals surface area contributed by atoms with Crippen LogP contribution in [0.1, 0.15) is 25.8 Å². The summed E-state index contributed by atoms with van der Waals surface area (Å²) in [4.78, 5) is 4.19. The van der Waals surface area contributed by atoms with Gasteiger partial charge in [-0.05, 0) is 47.8 Å². The van der Waals surface area contributed by atoms with Gasteiger partial charge in [-0.3, -0.25) is 0 Å². The molecule has 4 heteroatoms. The molecule has 1 heterocycles. The molecule has 0 amide bonds. The van der Waals surface area contributed by atoms with E-state index in [1.807, 2.05) is 26.8 Å². The fraction of sp³-hybridized carbons (Fsp3) is 0.545. The number of hydrogen-bond donors (Lipinski definition) is 1. The third-order valence-corrected chi connectivity index (χ3v) is 2.86. The van der Waals surface area contributed by atoms with Gasteiger partial charge in [-0.15, -0.1) is 0 Å². The Morgan fingerprint density at radius 2 is 2.27 bits per heavy atom. The fourth-order valence-electron chi connectivity index (χ4n) is 0.963. The van der Waals surface area contributed by atoms with Gasteiger partial charge < -0.3 is 10.5 Å². The van der Waals surface area contributed by atoms with E-state index in [4.69, 9.17) is 10.5 Å². The first-order chi connectivity index (χ1) is 6.94. The molecule has 0 saturated heterocycles. The number of rotatable bonds is 4. The van der Waals surface area contributed by atoms with Gasteiger partial charge in [0, 0.05) is 11.7 Å². The van der Waals surface area contributed by atoms with Gasteiger partial charge in [-0.2, -0.15) is 0 Å². The maximum atomic E-state index is 5.98. The second-order valence-electron chi connectivity index (χ2n) is 4.10. The van der Waals surface area contributed by atoms with Crippen LogP contribution in [0, 0.1) is 6.92 Å². The minimum Gasteiger partial charge on any atom is -0.475 e. The number of nitrogens with zero attached hydrogens (tertiary/aromatic N) is 1. The number of halogens is 1. The van der Waals surface area contributed by atoms with Crippen LogP contribution in [0.5, 0.6) is 5.88 Å². The number of nitrogens with two attached hydrogens (primary N) is 1. The van der Waals surface area contributed by atoms with E-state index in [-0.39, 0.29) is 5.54 Å². The molecule has 2 N–H and O–H groups in total. The van der Waals surface area contributed by atoms with Gasteiger partial charge in [-0.25, -0.2) is 4.98 Å². The van der Waals surface area contributed by atoms with Crippen molar-refractivity contribution in [3.8, 4) is 5.88 Å². The quantitative estimate of drug-likeness (QED) is 0.917. The molecule has 1 rings (SSSR count). The molecule has 0 aliphatic heterocycles. The number of aromatic nitrogens is 1. The van der Waals surface area contributed by atoms with Crippen LogP contribution in [0.2, 0.25) is 0 Å². The first kappa shape index (κ1) is 12.5. The largest absolute Gasteiger partial charge is 0.475 e. The van der Waals surface area contributed by atoms with Gasteiger partial charge in [0.2, 0.25) is 5.88 Å². The van der Waals surface area contributed by atoms with Crippen molar-refractivity contribution < 1.29 is 4.74 Å². The van der Waals surface area contributed by atoms with E-state index in [1.165, 1.54) is 0 Å². The molecule has 0 aliphatic carbocycles. The van der Waals surface area contributed by atoms with Gasteiger partial charge in [-0.1, -0.05) is 6.92 Å². The van der Waals surface area contributed by atoms with Gasteiger partial charge in [0.1, 0.15) is 6.61 Å². The minimum absolute atomic E-state index is 0.300. The Balaban J connectivity index is 2.66. The number of ether oxygens (including phenoxy) is 1. The molecule has 0 bridgehead atoms. The van der Waals surface area contributed by atoms with Crippen LogP contribution in [0.15, 0.2) is 16.7 Å². The van der Waals surface area contributed by atoms with Crippen LogP contribution >= 0.6 is 15.9 Å². The van der Waals surface area contributed by atoms with Crippen LogP contribution in [0.4, 0.5) is 0 Å². The van der Waals surface area contributed by atoms with Crippen molar-refractivity contribution in [2.75, 3.05) is 6.61 Å². The lowest BCUT2D eigenvalue weighted by atomic mass is 10.0. The Kier molecular flexibility index (Phi) is 4.11. The molecule has 1 aromatic heterocycles. The lowest BCUT2D eigenvalue weighted by molar-refractivity contribution is 0.217. The summed E-state index contributed by atoms with van der Waals surface area (Å²) in [5.74, 6) is 0.603. The Labute approximate surface area is 99.2 Å². The molecule has 0 saturated carbocycles. The Morgan fingerprint density at radius 3 is 2.80 bits per heavy atom. The van der Waals surface area contributed by atoms with E-state index in [0.717, 1.165) is 16.5 Å². The minimum atomic E-state index is -0.300. The number of aryl methyl sites for hydroxylation is 1. The summed E-state index contributed by atoms with van der Waals surface area (Å²) in [6.45, 7) is 6.47. The average molecular weight is 273 g/mol. The van der Waals surface area contributed by atoms with Crippen LogP contribution in [0.3, 0.4) is 0 Å². The van der Waals surface area contributed by atoms with Crippen molar-refractivity contribution in [2.24, 2.45) is 5.73 Å². The lowest BCUT2D eigenvalue weighted by Crippen LogP contribution is -2.41. The maximum absolute atomic E-state index is 5.98. The summed E-state index contributed by atoms with van der Waals surface area (Å²) < 4.78 is 6.43. The summed E-state index contributed by atoms with van der Waals surface area (Å²) in [6, 6.07) is 1.97. The van der Waals surface area contributed by atoms with Crippen molar-refractivity contribution in [2.45, 2.75) is 32.7 Å². The monoisotopic (exact) mass is 272 g/mol. The zero-order valence-electron chi connectivity index (χ0n) is 9.38. The predicted molar refractivity (Wildman–Crippen MR) is 65.1 cm³/mol. The molecule has 1 atom stereocenters. The van der Waals surface area contributed by atoms with Crippen molar-refractivity contribution in [3.63, 3.8) is 0 Å². The average Bonchev–Trinajstić information content (AvgIpc) is 2.16. The Morgan fingerprint density at radius 1 is 1.60 bits per heavy atom. The highest BCUT2D eigenvalue weighted by atomic mass is 79.9. The number of hydrogen-bond acceptors (Lipinski definition) is 3. The predicted octanol–water partition coefficient (Wildman–Crippen LogP) is 2.66. The van der Waals surface area contributed by atoms with Crippen LogP contribution in [-0.4, -0.2) is 17.1 Å². The van der Waals surface area contributed by atoms with Gasteiger partial charge >= 0.3 is 0 Å². The molecule has 0 aromatic carbocycles. The second-order valence-corrected chi connectivity index (χ2v) is 4.95. The summed E-state index contributed by atoms with van der Waals surface area (Å²) >= 11 is 3.41. The zero-order chi connectivity index (χ0) is 11.5.